The van der Waals surface area contributed by atoms with Gasteiger partial charge in [-0.2, -0.15) is 0 Å². The Labute approximate surface area is 146 Å². The van der Waals surface area contributed by atoms with E-state index in [-0.39, 0.29) is 18.8 Å². The van der Waals surface area contributed by atoms with Crippen LogP contribution >= 0.6 is 31.7 Å². The summed E-state index contributed by atoms with van der Waals surface area (Å²) in [5.41, 5.74) is 0.0480. The number of hydrogen-bond donors (Lipinski definition) is 0. The van der Waals surface area contributed by atoms with Gasteiger partial charge in [-0.15, -0.1) is 0 Å². The summed E-state index contributed by atoms with van der Waals surface area (Å²) in [5.74, 6) is 0.409. The van der Waals surface area contributed by atoms with Crippen LogP contribution in [0.4, 0.5) is 0 Å². The Kier molecular flexibility index (Phi) is 6.45. The molecule has 0 fully saturated rings. The van der Waals surface area contributed by atoms with Crippen LogP contribution in [0.5, 0.6) is 0 Å². The van der Waals surface area contributed by atoms with Gasteiger partial charge in [-0.3, -0.25) is 4.57 Å². The van der Waals surface area contributed by atoms with Crippen LogP contribution in [0.25, 0.3) is 11.4 Å². The third-order valence-electron chi connectivity index (χ3n) is 2.97. The van der Waals surface area contributed by atoms with Crippen molar-refractivity contribution in [1.29, 1.82) is 0 Å². The molecule has 0 N–H and O–H groups in total. The van der Waals surface area contributed by atoms with Gasteiger partial charge in [-0.1, -0.05) is 47.5 Å². The molecule has 0 saturated heterocycles. The van der Waals surface area contributed by atoms with Crippen molar-refractivity contribution in [2.24, 2.45) is 0 Å². The second kappa shape index (κ2) is 8.13. The molecule has 2 rings (SSSR count). The summed E-state index contributed by atoms with van der Waals surface area (Å²) in [5, 5.41) is 0.528. The number of nitrogens with zero attached hydrogens (tertiary/aromatic N) is 2. The predicted molar refractivity (Wildman–Crippen MR) is 90.0 cm³/mol. The van der Waals surface area contributed by atoms with Gasteiger partial charge in [0.25, 0.3) is 5.53 Å². The highest BCUT2D eigenvalue weighted by atomic mass is 35.5. The summed E-state index contributed by atoms with van der Waals surface area (Å²) >= 11 is 11.8. The normalized spacial score (nSPS) is 11.8. The van der Waals surface area contributed by atoms with Crippen LogP contribution in [-0.4, -0.2) is 23.2 Å². The standard InChI is InChI=1S/C15H15Cl2N2O3P/c1-3-21-15(23-20,22-4-2)11-7-5-10(6-8-11)14-18-12(16)9-13(17)19-14/h5-9H,3-4H2,1-2H3. The zero-order chi connectivity index (χ0) is 16.9. The molecule has 1 heterocycles. The van der Waals surface area contributed by atoms with Crippen LogP contribution in [0, 0.1) is 0 Å². The zero-order valence-corrected chi connectivity index (χ0v) is 15.0. The highest BCUT2D eigenvalue weighted by Crippen LogP contribution is 2.38. The van der Waals surface area contributed by atoms with E-state index in [9.17, 15) is 4.57 Å². The molecule has 0 aliphatic rings. The molecule has 1 aromatic carbocycles. The van der Waals surface area contributed by atoms with Crippen LogP contribution in [-0.2, 0) is 19.6 Å². The van der Waals surface area contributed by atoms with E-state index in [1.165, 1.54) is 6.07 Å². The minimum Gasteiger partial charge on any atom is -0.337 e. The number of hydrogen-bond acceptors (Lipinski definition) is 5. The molecule has 0 saturated carbocycles. The van der Waals surface area contributed by atoms with Crippen LogP contribution in [0.15, 0.2) is 30.3 Å². The van der Waals surface area contributed by atoms with Gasteiger partial charge in [0.05, 0.1) is 0 Å². The van der Waals surface area contributed by atoms with E-state index in [1.807, 2.05) is 13.8 Å². The number of rotatable bonds is 7. The molecule has 1 aromatic heterocycles. The maximum atomic E-state index is 11.6. The van der Waals surface area contributed by atoms with Gasteiger partial charge in [0, 0.05) is 30.4 Å². The van der Waals surface area contributed by atoms with Crippen molar-refractivity contribution in [3.8, 4) is 11.4 Å². The van der Waals surface area contributed by atoms with Gasteiger partial charge >= 0.3 is 0 Å². The Bertz CT molecular complexity index is 657. The first-order chi connectivity index (χ1) is 11.0. The van der Waals surface area contributed by atoms with E-state index < -0.39 is 5.53 Å². The van der Waals surface area contributed by atoms with Crippen molar-refractivity contribution in [3.05, 3.63) is 46.2 Å². The van der Waals surface area contributed by atoms with Gasteiger partial charge in [0.2, 0.25) is 8.46 Å². The average Bonchev–Trinajstić information content (AvgIpc) is 2.54. The van der Waals surface area contributed by atoms with E-state index in [0.717, 1.165) is 5.56 Å². The topological polar surface area (TPSA) is 61.3 Å². The molecule has 0 bridgehead atoms. The molecule has 0 unspecified atom stereocenters. The fourth-order valence-corrected chi connectivity index (χ4v) is 3.09. The highest BCUT2D eigenvalue weighted by molar-refractivity contribution is 7.24. The Morgan fingerprint density at radius 1 is 1.04 bits per heavy atom. The Balaban J connectivity index is 2.38. The lowest BCUT2D eigenvalue weighted by Crippen LogP contribution is -2.27. The molecule has 0 spiro atoms. The van der Waals surface area contributed by atoms with Gasteiger partial charge in [0.1, 0.15) is 10.3 Å². The number of ether oxygens (including phenoxy) is 2. The second-order valence-corrected chi connectivity index (χ2v) is 6.00. The zero-order valence-electron chi connectivity index (χ0n) is 12.6. The van der Waals surface area contributed by atoms with Crippen molar-refractivity contribution in [1.82, 2.24) is 9.97 Å². The van der Waals surface area contributed by atoms with Crippen molar-refractivity contribution < 1.29 is 14.0 Å². The van der Waals surface area contributed by atoms with E-state index in [1.54, 1.807) is 24.3 Å². The lowest BCUT2D eigenvalue weighted by molar-refractivity contribution is -0.176. The predicted octanol–water partition coefficient (Wildman–Crippen LogP) is 4.93. The highest BCUT2D eigenvalue weighted by Gasteiger charge is 2.35. The molecule has 2 aromatic rings. The fraction of sp³-hybridized carbons (Fsp3) is 0.333. The molecule has 0 aliphatic carbocycles. The van der Waals surface area contributed by atoms with Gasteiger partial charge in [-0.05, 0) is 13.8 Å². The van der Waals surface area contributed by atoms with Crippen molar-refractivity contribution in [3.63, 3.8) is 0 Å². The van der Waals surface area contributed by atoms with Crippen molar-refractivity contribution in [2.75, 3.05) is 13.2 Å². The Hall–Kier alpha value is -1.10. The molecular weight excluding hydrogens is 358 g/mol. The molecule has 23 heavy (non-hydrogen) atoms. The first-order valence-electron chi connectivity index (χ1n) is 6.98. The third-order valence-corrected chi connectivity index (χ3v) is 4.12. The second-order valence-electron chi connectivity index (χ2n) is 4.45. The van der Waals surface area contributed by atoms with E-state index in [4.69, 9.17) is 32.7 Å². The number of benzene rings is 1. The SMILES string of the molecule is CCOC(OCC)(P=O)c1ccc(-c2nc(Cl)cc(Cl)n2)cc1. The molecule has 122 valence electrons. The van der Waals surface area contributed by atoms with Crippen molar-refractivity contribution >= 4 is 31.7 Å². The van der Waals surface area contributed by atoms with E-state index in [0.29, 0.717) is 24.6 Å². The Morgan fingerprint density at radius 2 is 1.57 bits per heavy atom. The minimum atomic E-state index is -1.31. The molecule has 5 nitrogen and oxygen atoms in total. The molecule has 0 radical (unpaired) electrons. The van der Waals surface area contributed by atoms with Crippen LogP contribution in [0.2, 0.25) is 10.3 Å². The van der Waals surface area contributed by atoms with Crippen molar-refractivity contribution in [2.45, 2.75) is 19.4 Å². The first-order valence-corrected chi connectivity index (χ1v) is 8.55. The summed E-state index contributed by atoms with van der Waals surface area (Å²) in [6.45, 7) is 4.36. The Morgan fingerprint density at radius 3 is 2.00 bits per heavy atom. The number of halogens is 2. The molecular formula is C15H15Cl2N2O3P. The van der Waals surface area contributed by atoms with E-state index >= 15 is 0 Å². The summed E-state index contributed by atoms with van der Waals surface area (Å²) in [4.78, 5) is 8.27. The van der Waals surface area contributed by atoms with Gasteiger partial charge < -0.3 is 9.47 Å². The fourth-order valence-electron chi connectivity index (χ4n) is 2.05. The van der Waals surface area contributed by atoms with Crippen LogP contribution in [0.3, 0.4) is 0 Å². The number of aromatic nitrogens is 2. The molecule has 0 aliphatic heterocycles. The summed E-state index contributed by atoms with van der Waals surface area (Å²) in [7, 11) is -0.270. The smallest absolute Gasteiger partial charge is 0.278 e. The quantitative estimate of drug-likeness (QED) is 0.391. The monoisotopic (exact) mass is 372 g/mol. The summed E-state index contributed by atoms with van der Waals surface area (Å²) < 4.78 is 22.8. The summed E-state index contributed by atoms with van der Waals surface area (Å²) in [6, 6.07) is 8.52. The lowest BCUT2D eigenvalue weighted by Gasteiger charge is -2.26. The molecule has 0 atom stereocenters. The van der Waals surface area contributed by atoms with Crippen LogP contribution in [0.1, 0.15) is 19.4 Å². The maximum absolute atomic E-state index is 11.6. The maximum Gasteiger partial charge on any atom is 0.278 e. The average molecular weight is 373 g/mol. The largest absolute Gasteiger partial charge is 0.337 e. The van der Waals surface area contributed by atoms with E-state index in [2.05, 4.69) is 9.97 Å². The minimum absolute atomic E-state index is 0.264. The summed E-state index contributed by atoms with van der Waals surface area (Å²) in [6.07, 6.45) is 0. The molecule has 8 heteroatoms. The molecule has 0 amide bonds. The third kappa shape index (κ3) is 4.25. The first kappa shape index (κ1) is 18.2. The lowest BCUT2D eigenvalue weighted by atomic mass is 10.1. The van der Waals surface area contributed by atoms with Gasteiger partial charge in [-0.25, -0.2) is 9.97 Å². The van der Waals surface area contributed by atoms with Crippen LogP contribution < -0.4 is 0 Å². The van der Waals surface area contributed by atoms with Gasteiger partial charge in [0.15, 0.2) is 5.82 Å².